The number of benzene rings is 1. The smallest absolute Gasteiger partial charge is 0.254 e. The van der Waals surface area contributed by atoms with Crippen LogP contribution in [0.3, 0.4) is 0 Å². The van der Waals surface area contributed by atoms with E-state index in [0.717, 1.165) is 25.7 Å². The Labute approximate surface area is 162 Å². The Morgan fingerprint density at radius 2 is 1.85 bits per heavy atom. The van der Waals surface area contributed by atoms with Crippen molar-refractivity contribution in [2.24, 2.45) is 11.7 Å². The number of hydrogen-bond donors (Lipinski definition) is 2. The Balaban J connectivity index is 0.00000243. The normalized spacial score (nSPS) is 25.2. The molecule has 0 radical (unpaired) electrons. The molecule has 5 nitrogen and oxygen atoms in total. The molecule has 26 heavy (non-hydrogen) atoms. The average molecular weight is 380 g/mol. The van der Waals surface area contributed by atoms with Crippen LogP contribution in [0.15, 0.2) is 30.3 Å². The van der Waals surface area contributed by atoms with Crippen LogP contribution in [0, 0.1) is 5.92 Å². The molecule has 1 aliphatic carbocycles. The monoisotopic (exact) mass is 379 g/mol. The summed E-state index contributed by atoms with van der Waals surface area (Å²) in [7, 11) is 0. The van der Waals surface area contributed by atoms with Crippen LogP contribution in [-0.4, -0.2) is 40.9 Å². The van der Waals surface area contributed by atoms with E-state index >= 15 is 0 Å². The summed E-state index contributed by atoms with van der Waals surface area (Å²) in [5.74, 6) is 0.336. The van der Waals surface area contributed by atoms with E-state index in [4.69, 9.17) is 5.73 Å². The predicted octanol–water partition coefficient (Wildman–Crippen LogP) is 2.74. The van der Waals surface area contributed by atoms with Crippen LogP contribution in [0.25, 0.3) is 0 Å². The van der Waals surface area contributed by atoms with E-state index in [9.17, 15) is 9.59 Å². The Bertz CT molecular complexity index is 630. The van der Waals surface area contributed by atoms with Crippen molar-refractivity contribution >= 4 is 24.2 Å². The van der Waals surface area contributed by atoms with Gasteiger partial charge >= 0.3 is 0 Å². The molecule has 3 rings (SSSR count). The summed E-state index contributed by atoms with van der Waals surface area (Å²) in [6.07, 6.45) is 5.19. The minimum absolute atomic E-state index is 0. The molecule has 2 fully saturated rings. The predicted molar refractivity (Wildman–Crippen MR) is 105 cm³/mol. The molecule has 0 aromatic heterocycles. The summed E-state index contributed by atoms with van der Waals surface area (Å²) in [5.41, 5.74) is 6.18. The van der Waals surface area contributed by atoms with Gasteiger partial charge in [0.15, 0.2) is 0 Å². The fourth-order valence-electron chi connectivity index (χ4n) is 4.15. The molecular weight excluding hydrogens is 350 g/mol. The Morgan fingerprint density at radius 1 is 1.19 bits per heavy atom. The van der Waals surface area contributed by atoms with Gasteiger partial charge in [0.1, 0.15) is 6.04 Å². The van der Waals surface area contributed by atoms with E-state index in [0.29, 0.717) is 18.0 Å². The average Bonchev–Trinajstić information content (AvgIpc) is 2.98. The second-order valence-electron chi connectivity index (χ2n) is 8.15. The molecule has 1 aromatic carbocycles. The summed E-state index contributed by atoms with van der Waals surface area (Å²) in [5, 5.41) is 2.95. The molecule has 1 saturated carbocycles. The Hall–Kier alpha value is -1.59. The van der Waals surface area contributed by atoms with Gasteiger partial charge in [-0.15, -0.1) is 12.4 Å². The third-order valence-corrected chi connectivity index (χ3v) is 5.36. The van der Waals surface area contributed by atoms with Crippen LogP contribution in [0.4, 0.5) is 0 Å². The molecule has 6 heteroatoms. The minimum Gasteiger partial charge on any atom is -0.352 e. The van der Waals surface area contributed by atoms with Crippen LogP contribution in [-0.2, 0) is 4.79 Å². The van der Waals surface area contributed by atoms with E-state index in [1.54, 1.807) is 0 Å². The molecule has 0 bridgehead atoms. The van der Waals surface area contributed by atoms with Gasteiger partial charge in [-0.2, -0.15) is 0 Å². The van der Waals surface area contributed by atoms with Gasteiger partial charge in [0.2, 0.25) is 5.91 Å². The van der Waals surface area contributed by atoms with Crippen LogP contribution in [0.2, 0.25) is 0 Å². The lowest BCUT2D eigenvalue weighted by molar-refractivity contribution is -0.125. The standard InChI is InChI=1S/C20H29N3O2.ClH/c1-20(2,21)13-22-18(24)17-12-15-10-6-7-11-16(15)23(17)19(25)14-8-4-3-5-9-14;/h3-5,8-9,15-17H,6-7,10-13,21H2,1-2H3,(H,22,24);1H. The second-order valence-corrected chi connectivity index (χ2v) is 8.15. The largest absolute Gasteiger partial charge is 0.352 e. The molecule has 144 valence electrons. The summed E-state index contributed by atoms with van der Waals surface area (Å²) in [6, 6.07) is 9.10. The zero-order valence-corrected chi connectivity index (χ0v) is 16.4. The number of carbonyl (C=O) groups excluding carboxylic acids is 2. The molecule has 1 aliphatic heterocycles. The lowest BCUT2D eigenvalue weighted by atomic mass is 9.84. The first-order valence-electron chi connectivity index (χ1n) is 9.31. The Morgan fingerprint density at radius 3 is 2.50 bits per heavy atom. The molecular formula is C20H30ClN3O2. The number of amides is 2. The maximum atomic E-state index is 13.1. The minimum atomic E-state index is -0.463. The summed E-state index contributed by atoms with van der Waals surface area (Å²) in [4.78, 5) is 27.8. The van der Waals surface area contributed by atoms with Crippen molar-refractivity contribution in [3.8, 4) is 0 Å². The Kier molecular flexibility index (Phi) is 6.69. The topological polar surface area (TPSA) is 75.4 Å². The summed E-state index contributed by atoms with van der Waals surface area (Å²) >= 11 is 0. The SMILES string of the molecule is CC(C)(N)CNC(=O)C1CC2CCCCC2N1C(=O)c1ccccc1.Cl. The van der Waals surface area contributed by atoms with Gasteiger partial charge in [0.05, 0.1) is 0 Å². The van der Waals surface area contributed by atoms with Gasteiger partial charge < -0.3 is 16.0 Å². The highest BCUT2D eigenvalue weighted by atomic mass is 35.5. The maximum absolute atomic E-state index is 13.1. The lowest BCUT2D eigenvalue weighted by Crippen LogP contribution is -2.53. The molecule has 1 heterocycles. The molecule has 0 spiro atoms. The van der Waals surface area contributed by atoms with E-state index in [-0.39, 0.29) is 36.3 Å². The lowest BCUT2D eigenvalue weighted by Gasteiger charge is -2.34. The van der Waals surface area contributed by atoms with Crippen molar-refractivity contribution in [3.05, 3.63) is 35.9 Å². The number of carbonyl (C=O) groups is 2. The van der Waals surface area contributed by atoms with Crippen molar-refractivity contribution < 1.29 is 9.59 Å². The molecule has 2 amide bonds. The number of hydrogen-bond acceptors (Lipinski definition) is 3. The highest BCUT2D eigenvalue weighted by molar-refractivity contribution is 5.98. The number of likely N-dealkylation sites (tertiary alicyclic amines) is 1. The first kappa shape index (κ1) is 20.7. The molecule has 1 aromatic rings. The summed E-state index contributed by atoms with van der Waals surface area (Å²) in [6.45, 7) is 4.17. The second kappa shape index (κ2) is 8.40. The fraction of sp³-hybridized carbons (Fsp3) is 0.600. The van der Waals surface area contributed by atoms with Gasteiger partial charge in [0, 0.05) is 23.7 Å². The fourth-order valence-corrected chi connectivity index (χ4v) is 4.15. The number of rotatable bonds is 4. The van der Waals surface area contributed by atoms with Crippen LogP contribution >= 0.6 is 12.4 Å². The number of halogens is 1. The van der Waals surface area contributed by atoms with Gasteiger partial charge in [-0.3, -0.25) is 9.59 Å². The molecule has 2 aliphatic rings. The van der Waals surface area contributed by atoms with Gasteiger partial charge in [-0.05, 0) is 51.2 Å². The highest BCUT2D eigenvalue weighted by Crippen LogP contribution is 2.40. The summed E-state index contributed by atoms with van der Waals surface area (Å²) < 4.78 is 0. The number of nitrogens with one attached hydrogen (secondary N) is 1. The number of fused-ring (bicyclic) bond motifs is 1. The maximum Gasteiger partial charge on any atom is 0.254 e. The van der Waals surface area contributed by atoms with Crippen LogP contribution < -0.4 is 11.1 Å². The third kappa shape index (κ3) is 4.57. The van der Waals surface area contributed by atoms with Crippen molar-refractivity contribution in [1.29, 1.82) is 0 Å². The van der Waals surface area contributed by atoms with E-state index in [1.807, 2.05) is 49.1 Å². The van der Waals surface area contributed by atoms with Crippen molar-refractivity contribution in [3.63, 3.8) is 0 Å². The van der Waals surface area contributed by atoms with Crippen LogP contribution in [0.5, 0.6) is 0 Å². The van der Waals surface area contributed by atoms with E-state index < -0.39 is 5.54 Å². The molecule has 1 saturated heterocycles. The first-order valence-corrected chi connectivity index (χ1v) is 9.31. The highest BCUT2D eigenvalue weighted by Gasteiger charge is 2.47. The van der Waals surface area contributed by atoms with E-state index in [1.165, 1.54) is 6.42 Å². The zero-order chi connectivity index (χ0) is 18.0. The molecule has 3 atom stereocenters. The number of nitrogens with zero attached hydrogens (tertiary/aromatic N) is 1. The molecule has 3 unspecified atom stereocenters. The van der Waals surface area contributed by atoms with Crippen molar-refractivity contribution in [2.45, 2.75) is 63.6 Å². The van der Waals surface area contributed by atoms with Crippen LogP contribution in [0.1, 0.15) is 56.3 Å². The van der Waals surface area contributed by atoms with Gasteiger partial charge in [0.25, 0.3) is 5.91 Å². The van der Waals surface area contributed by atoms with E-state index in [2.05, 4.69) is 5.32 Å². The van der Waals surface area contributed by atoms with Crippen molar-refractivity contribution in [2.75, 3.05) is 6.54 Å². The quantitative estimate of drug-likeness (QED) is 0.844. The van der Waals surface area contributed by atoms with Gasteiger partial charge in [-0.25, -0.2) is 0 Å². The van der Waals surface area contributed by atoms with Gasteiger partial charge in [-0.1, -0.05) is 31.0 Å². The third-order valence-electron chi connectivity index (χ3n) is 5.36. The van der Waals surface area contributed by atoms with Crippen molar-refractivity contribution in [1.82, 2.24) is 10.2 Å². The molecule has 3 N–H and O–H groups in total. The zero-order valence-electron chi connectivity index (χ0n) is 15.6. The first-order chi connectivity index (χ1) is 11.9. The number of nitrogens with two attached hydrogens (primary N) is 1.